The van der Waals surface area contributed by atoms with Crippen LogP contribution in [0.15, 0.2) is 158 Å². The summed E-state index contributed by atoms with van der Waals surface area (Å²) in [5.74, 6) is 3.77. The fraction of sp³-hybridized carbons (Fsp3) is 0.0769. The number of fused-ring (bicyclic) bond motifs is 5. The van der Waals surface area contributed by atoms with Crippen LogP contribution in [-0.4, -0.2) is 29.9 Å². The summed E-state index contributed by atoms with van der Waals surface area (Å²) >= 11 is 0. The molecule has 2 heterocycles. The molecule has 0 aliphatic heterocycles. The van der Waals surface area contributed by atoms with Gasteiger partial charge in [0.05, 0.1) is 0 Å². The van der Waals surface area contributed by atoms with E-state index in [-0.39, 0.29) is 0 Å². The molecule has 0 radical (unpaired) electrons. The molecule has 0 aliphatic carbocycles. The number of hydrogen-bond acceptors (Lipinski definition) is 6. The highest BCUT2D eigenvalue weighted by atomic mass is 15.0. The van der Waals surface area contributed by atoms with E-state index in [0.29, 0.717) is 34.9 Å². The molecule has 10 rings (SSSR count). The van der Waals surface area contributed by atoms with Crippen molar-refractivity contribution in [3.63, 3.8) is 0 Å². The lowest BCUT2D eigenvalue weighted by atomic mass is 9.90. The van der Waals surface area contributed by atoms with Crippen LogP contribution in [0.4, 0.5) is 0 Å². The molecular weight excluding hydrogens is 709 g/mol. The summed E-state index contributed by atoms with van der Waals surface area (Å²) in [7, 11) is 0. The van der Waals surface area contributed by atoms with E-state index in [4.69, 9.17) is 29.9 Å². The van der Waals surface area contributed by atoms with E-state index in [1.807, 2.05) is 0 Å². The van der Waals surface area contributed by atoms with Crippen LogP contribution in [0.1, 0.15) is 22.3 Å². The first-order valence-electron chi connectivity index (χ1n) is 19.5. The van der Waals surface area contributed by atoms with Gasteiger partial charge < -0.3 is 0 Å². The smallest absolute Gasteiger partial charge is 0.164 e. The number of aryl methyl sites for hydroxylation is 4. The Morgan fingerprint density at radius 2 is 0.483 bits per heavy atom. The van der Waals surface area contributed by atoms with Gasteiger partial charge in [-0.25, -0.2) is 29.9 Å². The first-order chi connectivity index (χ1) is 28.3. The molecule has 8 aromatic carbocycles. The Morgan fingerprint density at radius 1 is 0.241 bits per heavy atom. The third kappa shape index (κ3) is 6.44. The molecule has 0 unspecified atom stereocenters. The minimum absolute atomic E-state index is 0.621. The number of nitrogens with zero attached hydrogens (tertiary/aromatic N) is 6. The van der Waals surface area contributed by atoms with Crippen molar-refractivity contribution in [1.82, 2.24) is 29.9 Å². The number of benzene rings is 8. The average molecular weight is 747 g/mol. The van der Waals surface area contributed by atoms with Crippen LogP contribution in [0, 0.1) is 27.7 Å². The fourth-order valence-corrected chi connectivity index (χ4v) is 7.64. The second-order valence-corrected chi connectivity index (χ2v) is 15.1. The Morgan fingerprint density at radius 3 is 0.759 bits per heavy atom. The summed E-state index contributed by atoms with van der Waals surface area (Å²) in [5, 5.41) is 6.44. The number of hydrogen-bond donors (Lipinski definition) is 0. The molecule has 276 valence electrons. The Balaban J connectivity index is 1.23. The van der Waals surface area contributed by atoms with Gasteiger partial charge in [-0.3, -0.25) is 0 Å². The van der Waals surface area contributed by atoms with Crippen molar-refractivity contribution in [2.45, 2.75) is 27.7 Å². The zero-order chi connectivity index (χ0) is 39.3. The van der Waals surface area contributed by atoms with Crippen molar-refractivity contribution in [3.8, 4) is 68.3 Å². The Labute approximate surface area is 337 Å². The summed E-state index contributed by atoms with van der Waals surface area (Å²) in [5.41, 5.74) is 10.4. The van der Waals surface area contributed by atoms with Crippen molar-refractivity contribution in [3.05, 3.63) is 180 Å². The van der Waals surface area contributed by atoms with E-state index in [1.165, 1.54) is 22.3 Å². The van der Waals surface area contributed by atoms with Crippen molar-refractivity contribution >= 4 is 32.3 Å². The molecular formula is C52H38N6. The average Bonchev–Trinajstić information content (AvgIpc) is 3.26. The zero-order valence-electron chi connectivity index (χ0n) is 32.7. The maximum Gasteiger partial charge on any atom is 0.164 e. The molecule has 6 nitrogen and oxygen atoms in total. The third-order valence-electron chi connectivity index (χ3n) is 10.9. The van der Waals surface area contributed by atoms with Crippen LogP contribution in [0.2, 0.25) is 0 Å². The first kappa shape index (κ1) is 35.0. The summed E-state index contributed by atoms with van der Waals surface area (Å²) in [6.45, 7) is 8.35. The highest BCUT2D eigenvalue weighted by molar-refractivity contribution is 6.23. The molecule has 0 bridgehead atoms. The normalized spacial score (nSPS) is 11.4. The Kier molecular flexibility index (Phi) is 8.60. The van der Waals surface area contributed by atoms with E-state index in [0.717, 1.165) is 65.7 Å². The van der Waals surface area contributed by atoms with Crippen LogP contribution >= 0.6 is 0 Å². The lowest BCUT2D eigenvalue weighted by Gasteiger charge is -2.16. The topological polar surface area (TPSA) is 77.3 Å². The number of rotatable bonds is 6. The lowest BCUT2D eigenvalue weighted by molar-refractivity contribution is 1.07. The van der Waals surface area contributed by atoms with Gasteiger partial charge in [0.25, 0.3) is 0 Å². The molecule has 0 saturated heterocycles. The Bertz CT molecular complexity index is 2830. The predicted molar refractivity (Wildman–Crippen MR) is 237 cm³/mol. The maximum atomic E-state index is 5.19. The van der Waals surface area contributed by atoms with Crippen molar-refractivity contribution in [2.75, 3.05) is 0 Å². The Hall–Kier alpha value is -7.44. The molecule has 0 aliphatic rings. The van der Waals surface area contributed by atoms with Crippen molar-refractivity contribution in [2.24, 2.45) is 0 Å². The largest absolute Gasteiger partial charge is 0.208 e. The van der Waals surface area contributed by atoms with Gasteiger partial charge in [-0.1, -0.05) is 168 Å². The van der Waals surface area contributed by atoms with E-state index in [9.17, 15) is 0 Å². The van der Waals surface area contributed by atoms with E-state index in [1.54, 1.807) is 0 Å². The second kappa shape index (κ2) is 14.3. The molecule has 10 aromatic rings. The van der Waals surface area contributed by atoms with Gasteiger partial charge >= 0.3 is 0 Å². The van der Waals surface area contributed by atoms with Crippen molar-refractivity contribution < 1.29 is 0 Å². The van der Waals surface area contributed by atoms with Gasteiger partial charge in [0.15, 0.2) is 34.9 Å². The quantitative estimate of drug-likeness (QED) is 0.158. The summed E-state index contributed by atoms with van der Waals surface area (Å²) < 4.78 is 0. The molecule has 58 heavy (non-hydrogen) atoms. The first-order valence-corrected chi connectivity index (χ1v) is 19.5. The van der Waals surface area contributed by atoms with Crippen molar-refractivity contribution in [1.29, 1.82) is 0 Å². The predicted octanol–water partition coefficient (Wildman–Crippen LogP) is 12.8. The van der Waals surface area contributed by atoms with E-state index < -0.39 is 0 Å². The maximum absolute atomic E-state index is 5.19. The molecule has 0 saturated carbocycles. The third-order valence-corrected chi connectivity index (χ3v) is 10.9. The molecule has 2 aromatic heterocycles. The highest BCUT2D eigenvalue weighted by Crippen LogP contribution is 2.41. The van der Waals surface area contributed by atoms with Gasteiger partial charge in [0.2, 0.25) is 0 Å². The lowest BCUT2D eigenvalue weighted by Crippen LogP contribution is -2.02. The van der Waals surface area contributed by atoms with Crippen LogP contribution in [0.5, 0.6) is 0 Å². The zero-order valence-corrected chi connectivity index (χ0v) is 32.7. The minimum Gasteiger partial charge on any atom is -0.208 e. The standard InChI is InChI=1S/C52H38N6/c1-31-13-21-35(22-14-31)47-53-48(36-23-15-32(2)16-24-36)56-51(55-47)45-29-43-40-10-6-8-12-42(40)46(30-44(43)39-9-5-7-11-41(39)45)52-57-49(37-25-17-33(3)18-26-37)54-50(58-52)38-27-19-34(4)20-28-38/h5-30H,1-4H3. The summed E-state index contributed by atoms with van der Waals surface area (Å²) in [4.78, 5) is 30.8. The monoisotopic (exact) mass is 746 g/mol. The van der Waals surface area contributed by atoms with Crippen LogP contribution in [0.3, 0.4) is 0 Å². The van der Waals surface area contributed by atoms with Gasteiger partial charge in [0.1, 0.15) is 0 Å². The van der Waals surface area contributed by atoms with Crippen LogP contribution in [-0.2, 0) is 0 Å². The van der Waals surface area contributed by atoms with Gasteiger partial charge in [-0.05, 0) is 72.1 Å². The van der Waals surface area contributed by atoms with Gasteiger partial charge in [0, 0.05) is 33.4 Å². The molecule has 0 amide bonds. The van der Waals surface area contributed by atoms with E-state index in [2.05, 4.69) is 185 Å². The summed E-state index contributed by atoms with van der Waals surface area (Å²) in [6, 6.07) is 55.0. The number of aromatic nitrogens is 6. The summed E-state index contributed by atoms with van der Waals surface area (Å²) in [6.07, 6.45) is 0. The van der Waals surface area contributed by atoms with Gasteiger partial charge in [-0.15, -0.1) is 0 Å². The molecule has 6 heteroatoms. The molecule has 0 N–H and O–H groups in total. The minimum atomic E-state index is 0.621. The fourth-order valence-electron chi connectivity index (χ4n) is 7.64. The molecule has 0 spiro atoms. The SMILES string of the molecule is Cc1ccc(-c2nc(-c3ccc(C)cc3)nc(-c3cc4c5ccccc5c(-c5nc(-c6ccc(C)cc6)nc(-c6ccc(C)cc6)n5)cc4c4ccccc34)n2)cc1. The second-order valence-electron chi connectivity index (χ2n) is 15.1. The van der Waals surface area contributed by atoms with Crippen LogP contribution in [0.25, 0.3) is 101 Å². The van der Waals surface area contributed by atoms with Gasteiger partial charge in [-0.2, -0.15) is 0 Å². The van der Waals surface area contributed by atoms with Crippen LogP contribution < -0.4 is 0 Å². The highest BCUT2D eigenvalue weighted by Gasteiger charge is 2.20. The van der Waals surface area contributed by atoms with E-state index >= 15 is 0 Å². The molecule has 0 fully saturated rings. The molecule has 0 atom stereocenters.